The van der Waals surface area contributed by atoms with Crippen LogP contribution in [0.3, 0.4) is 0 Å². The normalized spacial score (nSPS) is 10.7. The number of para-hydroxylation sites is 1. The average Bonchev–Trinajstić information content (AvgIpc) is 2.45. The molecule has 2 rings (SSSR count). The molecule has 112 valence electrons. The van der Waals surface area contributed by atoms with Crippen molar-refractivity contribution in [1.82, 2.24) is 5.32 Å². The van der Waals surface area contributed by atoms with Gasteiger partial charge in [0, 0.05) is 12.1 Å². The third-order valence-electron chi connectivity index (χ3n) is 3.09. The first-order valence-electron chi connectivity index (χ1n) is 7.04. The second-order valence-electron chi connectivity index (χ2n) is 4.94. The predicted molar refractivity (Wildman–Crippen MR) is 92.4 cm³/mol. The van der Waals surface area contributed by atoms with E-state index in [1.807, 2.05) is 43.3 Å². The minimum Gasteiger partial charge on any atom is -0.454 e. The lowest BCUT2D eigenvalue weighted by Crippen LogP contribution is -2.14. The average molecular weight is 369 g/mol. The molecule has 0 amide bonds. The van der Waals surface area contributed by atoms with Crippen LogP contribution in [-0.2, 0) is 6.54 Å². The van der Waals surface area contributed by atoms with Crippen LogP contribution in [0.15, 0.2) is 40.9 Å². The molecule has 0 aromatic heterocycles. The summed E-state index contributed by atoms with van der Waals surface area (Å²) in [6.45, 7) is 5.91. The highest BCUT2D eigenvalue weighted by Gasteiger charge is 2.11. The molecule has 2 aromatic rings. The van der Waals surface area contributed by atoms with Gasteiger partial charge < -0.3 is 10.1 Å². The second-order valence-corrected chi connectivity index (χ2v) is 6.20. The first kappa shape index (κ1) is 16.3. The van der Waals surface area contributed by atoms with Crippen LogP contribution in [0.1, 0.15) is 24.5 Å². The van der Waals surface area contributed by atoms with Crippen LogP contribution in [0.5, 0.6) is 11.5 Å². The van der Waals surface area contributed by atoms with E-state index in [1.54, 1.807) is 0 Å². The lowest BCUT2D eigenvalue weighted by atomic mass is 10.2. The molecular weight excluding hydrogens is 350 g/mol. The molecule has 4 heteroatoms. The quantitative estimate of drug-likeness (QED) is 0.660. The highest BCUT2D eigenvalue weighted by molar-refractivity contribution is 9.10. The van der Waals surface area contributed by atoms with E-state index < -0.39 is 0 Å². The van der Waals surface area contributed by atoms with Gasteiger partial charge in [-0.3, -0.25) is 0 Å². The summed E-state index contributed by atoms with van der Waals surface area (Å²) in [5.41, 5.74) is 2.24. The van der Waals surface area contributed by atoms with Crippen molar-refractivity contribution in [3.63, 3.8) is 0 Å². The van der Waals surface area contributed by atoms with E-state index >= 15 is 0 Å². The molecule has 0 spiro atoms. The van der Waals surface area contributed by atoms with Crippen LogP contribution < -0.4 is 10.1 Å². The van der Waals surface area contributed by atoms with Crippen molar-refractivity contribution in [3.8, 4) is 11.5 Å². The summed E-state index contributed by atoms with van der Waals surface area (Å²) in [4.78, 5) is 0. The Morgan fingerprint density at radius 1 is 1.24 bits per heavy atom. The highest BCUT2D eigenvalue weighted by atomic mass is 79.9. The zero-order valence-electron chi connectivity index (χ0n) is 12.2. The van der Waals surface area contributed by atoms with Crippen molar-refractivity contribution < 1.29 is 4.74 Å². The van der Waals surface area contributed by atoms with Crippen molar-refractivity contribution in [2.75, 3.05) is 6.54 Å². The predicted octanol–water partition coefficient (Wildman–Crippen LogP) is 5.70. The Kier molecular flexibility index (Phi) is 6.09. The maximum absolute atomic E-state index is 6.31. The summed E-state index contributed by atoms with van der Waals surface area (Å²) < 4.78 is 6.96. The van der Waals surface area contributed by atoms with Crippen molar-refractivity contribution in [3.05, 3.63) is 57.0 Å². The molecule has 0 aliphatic rings. The molecule has 0 heterocycles. The van der Waals surface area contributed by atoms with E-state index in [0.29, 0.717) is 10.8 Å². The molecule has 1 N–H and O–H groups in total. The second kappa shape index (κ2) is 7.83. The highest BCUT2D eigenvalue weighted by Crippen LogP contribution is 2.36. The van der Waals surface area contributed by atoms with E-state index in [0.717, 1.165) is 35.3 Å². The van der Waals surface area contributed by atoms with Crippen LogP contribution in [0.25, 0.3) is 0 Å². The molecule has 0 bridgehead atoms. The number of halogens is 2. The molecule has 21 heavy (non-hydrogen) atoms. The van der Waals surface area contributed by atoms with E-state index in [1.165, 1.54) is 5.56 Å². The van der Waals surface area contributed by atoms with Gasteiger partial charge in [-0.1, -0.05) is 36.7 Å². The van der Waals surface area contributed by atoms with E-state index in [2.05, 4.69) is 28.2 Å². The van der Waals surface area contributed by atoms with E-state index in [9.17, 15) is 0 Å². The fraction of sp³-hybridized carbons (Fsp3) is 0.294. The molecule has 0 unspecified atom stereocenters. The summed E-state index contributed by atoms with van der Waals surface area (Å²) in [5.74, 6) is 1.48. The van der Waals surface area contributed by atoms with Gasteiger partial charge in [-0.05, 0) is 59.6 Å². The number of aryl methyl sites for hydroxylation is 1. The maximum Gasteiger partial charge on any atom is 0.150 e. The fourth-order valence-corrected chi connectivity index (χ4v) is 2.81. The van der Waals surface area contributed by atoms with Crippen LogP contribution in [0, 0.1) is 6.92 Å². The minimum atomic E-state index is 0.623. The number of rotatable bonds is 6. The number of nitrogens with one attached hydrogen (secondary N) is 1. The van der Waals surface area contributed by atoms with Gasteiger partial charge in [0.15, 0.2) is 5.75 Å². The number of benzene rings is 2. The smallest absolute Gasteiger partial charge is 0.150 e. The monoisotopic (exact) mass is 367 g/mol. The van der Waals surface area contributed by atoms with Crippen molar-refractivity contribution in [1.29, 1.82) is 0 Å². The molecule has 0 radical (unpaired) electrons. The Labute approximate surface area is 139 Å². The van der Waals surface area contributed by atoms with Crippen molar-refractivity contribution in [2.45, 2.75) is 26.8 Å². The first-order valence-corrected chi connectivity index (χ1v) is 8.21. The lowest BCUT2D eigenvalue weighted by Gasteiger charge is -2.14. The van der Waals surface area contributed by atoms with Crippen LogP contribution in [0.2, 0.25) is 5.02 Å². The number of hydrogen-bond donors (Lipinski definition) is 1. The Morgan fingerprint density at radius 2 is 2.05 bits per heavy atom. The zero-order chi connectivity index (χ0) is 15.2. The summed E-state index contributed by atoms with van der Waals surface area (Å²) in [6.07, 6.45) is 1.10. The standard InChI is InChI=1S/C17H19BrClNO/c1-3-9-20-11-13-5-4-6-15(19)17(13)21-16-8-7-12(2)10-14(16)18/h4-8,10,20H,3,9,11H2,1-2H3. The Hall–Kier alpha value is -1.03. The van der Waals surface area contributed by atoms with Crippen LogP contribution in [-0.4, -0.2) is 6.54 Å². The topological polar surface area (TPSA) is 21.3 Å². The summed E-state index contributed by atoms with van der Waals surface area (Å²) in [7, 11) is 0. The summed E-state index contributed by atoms with van der Waals surface area (Å²) >= 11 is 9.84. The molecule has 0 atom stereocenters. The van der Waals surface area contributed by atoms with Gasteiger partial charge in [-0.25, -0.2) is 0 Å². The number of hydrogen-bond acceptors (Lipinski definition) is 2. The maximum atomic E-state index is 6.31. The zero-order valence-corrected chi connectivity index (χ0v) is 14.6. The minimum absolute atomic E-state index is 0.623. The van der Waals surface area contributed by atoms with E-state index in [4.69, 9.17) is 16.3 Å². The van der Waals surface area contributed by atoms with Gasteiger partial charge in [0.1, 0.15) is 5.75 Å². The third-order valence-corrected chi connectivity index (χ3v) is 4.01. The molecule has 2 aromatic carbocycles. The Morgan fingerprint density at radius 3 is 2.76 bits per heavy atom. The van der Waals surface area contributed by atoms with Gasteiger partial charge in [-0.2, -0.15) is 0 Å². The number of ether oxygens (including phenoxy) is 1. The fourth-order valence-electron chi connectivity index (χ4n) is 2.01. The largest absolute Gasteiger partial charge is 0.454 e. The van der Waals surface area contributed by atoms with Crippen LogP contribution in [0.4, 0.5) is 0 Å². The van der Waals surface area contributed by atoms with Crippen LogP contribution >= 0.6 is 27.5 Å². The summed E-state index contributed by atoms with van der Waals surface area (Å²) in [5, 5.41) is 4.00. The molecule has 0 fully saturated rings. The van der Waals surface area contributed by atoms with Gasteiger partial charge >= 0.3 is 0 Å². The Balaban J connectivity index is 2.25. The first-order chi connectivity index (χ1) is 10.1. The molecule has 0 saturated heterocycles. The van der Waals surface area contributed by atoms with E-state index in [-0.39, 0.29) is 0 Å². The third kappa shape index (κ3) is 4.47. The van der Waals surface area contributed by atoms with Crippen molar-refractivity contribution >= 4 is 27.5 Å². The molecule has 0 aliphatic carbocycles. The molecule has 0 aliphatic heterocycles. The summed E-state index contributed by atoms with van der Waals surface area (Å²) in [6, 6.07) is 11.8. The van der Waals surface area contributed by atoms with Gasteiger partial charge in [0.25, 0.3) is 0 Å². The van der Waals surface area contributed by atoms with Gasteiger partial charge in [-0.15, -0.1) is 0 Å². The van der Waals surface area contributed by atoms with Gasteiger partial charge in [0.2, 0.25) is 0 Å². The van der Waals surface area contributed by atoms with Gasteiger partial charge in [0.05, 0.1) is 9.50 Å². The van der Waals surface area contributed by atoms with Crippen molar-refractivity contribution in [2.24, 2.45) is 0 Å². The Bertz CT molecular complexity index is 616. The SMILES string of the molecule is CCCNCc1cccc(Cl)c1Oc1ccc(C)cc1Br. The molecular formula is C17H19BrClNO. The molecule has 2 nitrogen and oxygen atoms in total. The molecule has 0 saturated carbocycles. The lowest BCUT2D eigenvalue weighted by molar-refractivity contribution is 0.470.